The summed E-state index contributed by atoms with van der Waals surface area (Å²) < 4.78 is 11.9. The van der Waals surface area contributed by atoms with E-state index in [1.54, 1.807) is 0 Å². The van der Waals surface area contributed by atoms with Gasteiger partial charge in [-0.3, -0.25) is 0 Å². The normalized spacial score (nSPS) is 19.5. The van der Waals surface area contributed by atoms with Gasteiger partial charge in [-0.15, -0.1) is 0 Å². The van der Waals surface area contributed by atoms with E-state index < -0.39 is 0 Å². The van der Waals surface area contributed by atoms with Crippen molar-refractivity contribution < 1.29 is 9.47 Å². The molecule has 0 spiro atoms. The first-order valence-electron chi connectivity index (χ1n) is 7.32. The van der Waals surface area contributed by atoms with E-state index in [1.807, 2.05) is 24.3 Å². The van der Waals surface area contributed by atoms with Crippen molar-refractivity contribution in [1.82, 2.24) is 5.32 Å². The fourth-order valence-corrected chi connectivity index (χ4v) is 2.44. The van der Waals surface area contributed by atoms with Gasteiger partial charge in [-0.2, -0.15) is 0 Å². The van der Waals surface area contributed by atoms with Crippen LogP contribution in [0.2, 0.25) is 0 Å². The van der Waals surface area contributed by atoms with Crippen molar-refractivity contribution in [3.05, 3.63) is 24.3 Å². The van der Waals surface area contributed by atoms with Crippen LogP contribution in [0.4, 0.5) is 0 Å². The highest BCUT2D eigenvalue weighted by atomic mass is 16.6. The van der Waals surface area contributed by atoms with E-state index in [4.69, 9.17) is 9.47 Å². The number of rotatable bonds is 6. The molecule has 0 saturated heterocycles. The zero-order valence-corrected chi connectivity index (χ0v) is 12.2. The van der Waals surface area contributed by atoms with E-state index in [1.165, 1.54) is 0 Å². The predicted molar refractivity (Wildman–Crippen MR) is 77.9 cm³/mol. The number of hydrogen-bond donors (Lipinski definition) is 1. The lowest BCUT2D eigenvalue weighted by atomic mass is 9.98. The average molecular weight is 263 g/mol. The quantitative estimate of drug-likeness (QED) is 0.854. The van der Waals surface area contributed by atoms with Crippen LogP contribution in [0.1, 0.15) is 33.6 Å². The largest absolute Gasteiger partial charge is 0.486 e. The molecule has 1 aliphatic heterocycles. The first kappa shape index (κ1) is 14.2. The van der Waals surface area contributed by atoms with Gasteiger partial charge < -0.3 is 14.8 Å². The minimum Gasteiger partial charge on any atom is -0.486 e. The number of fused-ring (bicyclic) bond motifs is 1. The van der Waals surface area contributed by atoms with Crippen LogP contribution >= 0.6 is 0 Å². The molecule has 1 heterocycles. The van der Waals surface area contributed by atoms with Crippen LogP contribution in [0.5, 0.6) is 11.5 Å². The lowest BCUT2D eigenvalue weighted by Crippen LogP contribution is -2.48. The Morgan fingerprint density at radius 1 is 1.26 bits per heavy atom. The number of ether oxygens (including phenoxy) is 2. The third-order valence-corrected chi connectivity index (χ3v) is 3.36. The molecule has 1 N–H and O–H groups in total. The molecule has 19 heavy (non-hydrogen) atoms. The van der Waals surface area contributed by atoms with Crippen molar-refractivity contribution >= 4 is 0 Å². The Balaban J connectivity index is 2.02. The zero-order valence-electron chi connectivity index (χ0n) is 12.2. The summed E-state index contributed by atoms with van der Waals surface area (Å²) in [6.45, 7) is 8.34. The molecule has 1 aromatic carbocycles. The third kappa shape index (κ3) is 3.87. The minimum absolute atomic E-state index is 0.101. The molecule has 0 aromatic heterocycles. The first-order valence-corrected chi connectivity index (χ1v) is 7.32. The highest BCUT2D eigenvalue weighted by Crippen LogP contribution is 2.32. The molecule has 0 saturated carbocycles. The van der Waals surface area contributed by atoms with Crippen LogP contribution in [-0.4, -0.2) is 25.3 Å². The summed E-state index contributed by atoms with van der Waals surface area (Å²) in [4.78, 5) is 0. The Bertz CT molecular complexity index is 392. The Morgan fingerprint density at radius 3 is 2.68 bits per heavy atom. The number of para-hydroxylation sites is 2. The molecule has 0 amide bonds. The predicted octanol–water partition coefficient (Wildman–Crippen LogP) is 3.24. The molecule has 3 nitrogen and oxygen atoms in total. The van der Waals surface area contributed by atoms with Crippen LogP contribution in [0.15, 0.2) is 24.3 Å². The molecule has 2 rings (SSSR count). The average Bonchev–Trinajstić information content (AvgIpc) is 2.42. The van der Waals surface area contributed by atoms with E-state index in [0.29, 0.717) is 18.6 Å². The highest BCUT2D eigenvalue weighted by Gasteiger charge is 2.28. The summed E-state index contributed by atoms with van der Waals surface area (Å²) in [7, 11) is 0. The van der Waals surface area contributed by atoms with Crippen LogP contribution in [0.3, 0.4) is 0 Å². The Kier molecular flexibility index (Phi) is 5.08. The van der Waals surface area contributed by atoms with Crippen molar-refractivity contribution in [2.45, 2.75) is 45.8 Å². The zero-order chi connectivity index (χ0) is 13.7. The van der Waals surface area contributed by atoms with Crippen molar-refractivity contribution in [2.24, 2.45) is 5.92 Å². The van der Waals surface area contributed by atoms with E-state index in [-0.39, 0.29) is 6.10 Å². The van der Waals surface area contributed by atoms with E-state index in [2.05, 4.69) is 26.1 Å². The summed E-state index contributed by atoms with van der Waals surface area (Å²) in [5.74, 6) is 2.37. The molecule has 0 bridgehead atoms. The van der Waals surface area contributed by atoms with E-state index >= 15 is 0 Å². The van der Waals surface area contributed by atoms with Gasteiger partial charge in [0.05, 0.1) is 0 Å². The van der Waals surface area contributed by atoms with Gasteiger partial charge in [-0.05, 0) is 37.4 Å². The standard InChI is InChI=1S/C16H25NO2/c1-4-9-17-13(10-12(2)3)16-11-18-14-7-5-6-8-15(14)19-16/h5-8,12-13,16-17H,4,9-11H2,1-3H3. The molecule has 0 radical (unpaired) electrons. The van der Waals surface area contributed by atoms with E-state index in [0.717, 1.165) is 30.9 Å². The van der Waals surface area contributed by atoms with Gasteiger partial charge in [0.1, 0.15) is 12.7 Å². The monoisotopic (exact) mass is 263 g/mol. The summed E-state index contributed by atoms with van der Waals surface area (Å²) in [6.07, 6.45) is 2.35. The summed E-state index contributed by atoms with van der Waals surface area (Å²) in [5, 5.41) is 3.60. The lowest BCUT2D eigenvalue weighted by molar-refractivity contribution is 0.0559. The van der Waals surface area contributed by atoms with E-state index in [9.17, 15) is 0 Å². The van der Waals surface area contributed by atoms with Gasteiger partial charge in [0.15, 0.2) is 11.5 Å². The maximum Gasteiger partial charge on any atom is 0.161 e. The van der Waals surface area contributed by atoms with Crippen molar-refractivity contribution in [2.75, 3.05) is 13.2 Å². The maximum absolute atomic E-state index is 6.10. The van der Waals surface area contributed by atoms with Crippen LogP contribution in [0, 0.1) is 5.92 Å². The summed E-state index contributed by atoms with van der Waals surface area (Å²) in [6, 6.07) is 8.26. The van der Waals surface area contributed by atoms with Gasteiger partial charge in [0.25, 0.3) is 0 Å². The number of hydrogen-bond acceptors (Lipinski definition) is 3. The lowest BCUT2D eigenvalue weighted by Gasteiger charge is -2.33. The molecule has 2 atom stereocenters. The molecule has 3 heteroatoms. The first-order chi connectivity index (χ1) is 9.20. The number of benzene rings is 1. The molecule has 106 valence electrons. The Labute approximate surface area is 116 Å². The molecular weight excluding hydrogens is 238 g/mol. The van der Waals surface area contributed by atoms with Crippen LogP contribution in [-0.2, 0) is 0 Å². The van der Waals surface area contributed by atoms with Gasteiger partial charge in [0, 0.05) is 6.04 Å². The topological polar surface area (TPSA) is 30.5 Å². The summed E-state index contributed by atoms with van der Waals surface area (Å²) >= 11 is 0. The van der Waals surface area contributed by atoms with Gasteiger partial charge in [-0.25, -0.2) is 0 Å². The second-order valence-electron chi connectivity index (χ2n) is 5.60. The SMILES string of the molecule is CCCNC(CC(C)C)C1COc2ccccc2O1. The molecular formula is C16H25NO2. The molecule has 0 aliphatic carbocycles. The second-order valence-corrected chi connectivity index (χ2v) is 5.60. The molecule has 1 aliphatic rings. The van der Waals surface area contributed by atoms with Gasteiger partial charge in [0.2, 0.25) is 0 Å². The summed E-state index contributed by atoms with van der Waals surface area (Å²) in [5.41, 5.74) is 0. The molecule has 2 unspecified atom stereocenters. The molecule has 1 aromatic rings. The fraction of sp³-hybridized carbons (Fsp3) is 0.625. The van der Waals surface area contributed by atoms with Crippen molar-refractivity contribution in [3.63, 3.8) is 0 Å². The van der Waals surface area contributed by atoms with Crippen molar-refractivity contribution in [3.8, 4) is 11.5 Å². The number of nitrogens with one attached hydrogen (secondary N) is 1. The molecule has 0 fully saturated rings. The highest BCUT2D eigenvalue weighted by molar-refractivity contribution is 5.40. The maximum atomic E-state index is 6.10. The van der Waals surface area contributed by atoms with Gasteiger partial charge >= 0.3 is 0 Å². The Morgan fingerprint density at radius 2 is 2.00 bits per heavy atom. The van der Waals surface area contributed by atoms with Crippen molar-refractivity contribution in [1.29, 1.82) is 0 Å². The van der Waals surface area contributed by atoms with Crippen LogP contribution in [0.25, 0.3) is 0 Å². The third-order valence-electron chi connectivity index (χ3n) is 3.36. The van der Waals surface area contributed by atoms with Gasteiger partial charge in [-0.1, -0.05) is 32.9 Å². The second kappa shape index (κ2) is 6.80. The van der Waals surface area contributed by atoms with Crippen LogP contribution < -0.4 is 14.8 Å². The Hall–Kier alpha value is -1.22. The smallest absolute Gasteiger partial charge is 0.161 e. The minimum atomic E-state index is 0.101. The fourth-order valence-electron chi connectivity index (χ4n) is 2.44.